The van der Waals surface area contributed by atoms with Crippen LogP contribution in [0.4, 0.5) is 11.4 Å². The predicted molar refractivity (Wildman–Crippen MR) is 123 cm³/mol. The Labute approximate surface area is 181 Å². The maximum atomic E-state index is 6.03. The third-order valence-corrected chi connectivity index (χ3v) is 5.82. The Kier molecular flexibility index (Phi) is 3.52. The first-order chi connectivity index (χ1) is 15.8. The minimum atomic E-state index is -0.275. The van der Waals surface area contributed by atoms with Crippen LogP contribution in [0, 0.1) is 0 Å². The van der Waals surface area contributed by atoms with Gasteiger partial charge in [0.15, 0.2) is 18.1 Å². The summed E-state index contributed by atoms with van der Waals surface area (Å²) in [6.07, 6.45) is 1.18. The van der Waals surface area contributed by atoms with Gasteiger partial charge in [-0.15, -0.1) is 0 Å². The largest absolute Gasteiger partial charge is 0.456 e. The molecule has 0 spiro atoms. The molecular formula is C26H16N4O2. The maximum absolute atomic E-state index is 6.03. The van der Waals surface area contributed by atoms with Crippen LogP contribution in [0.1, 0.15) is 11.7 Å². The van der Waals surface area contributed by atoms with Crippen molar-refractivity contribution in [3.8, 4) is 0 Å². The number of rotatable bonds is 3. The fraction of sp³-hybridized carbons (Fsp3) is 0.0385. The molecule has 1 atom stereocenters. The zero-order valence-corrected chi connectivity index (χ0v) is 16.8. The average Bonchev–Trinajstić information content (AvgIpc) is 3.54. The van der Waals surface area contributed by atoms with Crippen molar-refractivity contribution in [2.24, 2.45) is 9.98 Å². The molecule has 1 aliphatic heterocycles. The van der Waals surface area contributed by atoms with E-state index in [1.54, 1.807) is 0 Å². The zero-order valence-electron chi connectivity index (χ0n) is 16.8. The first-order valence-corrected chi connectivity index (χ1v) is 10.4. The molecule has 0 aliphatic carbocycles. The number of oxazole rings is 1. The molecule has 2 aromatic heterocycles. The number of hydrogen-bond donors (Lipinski definition) is 1. The Balaban J connectivity index is 1.23. The summed E-state index contributed by atoms with van der Waals surface area (Å²) in [6.45, 7) is 0. The van der Waals surface area contributed by atoms with E-state index in [1.165, 1.54) is 6.39 Å². The summed E-state index contributed by atoms with van der Waals surface area (Å²) >= 11 is 0. The standard InChI is InChI=1S/C26H16N4O2/c1-2-4-23-18(3-1)19-8-5-15(11-24(19)32-23)26-29-20-9-6-16(12-22(20)30-26)28-17-7-10-21-25(13-17)31-14-27-21/h1-14,26,28H. The lowest BCUT2D eigenvalue weighted by Gasteiger charge is -2.05. The van der Waals surface area contributed by atoms with Gasteiger partial charge in [0.05, 0.1) is 10.7 Å². The molecule has 1 aliphatic rings. The van der Waals surface area contributed by atoms with Gasteiger partial charge in [-0.2, -0.15) is 0 Å². The highest BCUT2D eigenvalue weighted by atomic mass is 16.3. The minimum Gasteiger partial charge on any atom is -0.456 e. The molecule has 152 valence electrons. The molecule has 1 unspecified atom stereocenters. The Hall–Kier alpha value is -4.45. The SMILES string of the molecule is c1ccc2c(c1)oc1cc(C3N=c4ccc(Nc5ccc6ncoc6c5)cc4=N3)ccc12. The Morgan fingerprint density at radius 3 is 2.53 bits per heavy atom. The highest BCUT2D eigenvalue weighted by Crippen LogP contribution is 2.31. The van der Waals surface area contributed by atoms with Crippen LogP contribution in [0.5, 0.6) is 0 Å². The predicted octanol–water partition coefficient (Wildman–Crippen LogP) is 5.42. The number of benzene rings is 4. The van der Waals surface area contributed by atoms with Gasteiger partial charge in [0.2, 0.25) is 0 Å². The molecule has 6 nitrogen and oxygen atoms in total. The zero-order chi connectivity index (χ0) is 21.1. The van der Waals surface area contributed by atoms with Crippen LogP contribution in [-0.4, -0.2) is 4.98 Å². The number of nitrogens with zero attached hydrogens (tertiary/aromatic N) is 3. The van der Waals surface area contributed by atoms with Crippen LogP contribution < -0.4 is 16.0 Å². The summed E-state index contributed by atoms with van der Waals surface area (Å²) < 4.78 is 11.4. The van der Waals surface area contributed by atoms with E-state index in [9.17, 15) is 0 Å². The Morgan fingerprint density at radius 1 is 0.688 bits per heavy atom. The van der Waals surface area contributed by atoms with Crippen molar-refractivity contribution in [2.75, 3.05) is 5.32 Å². The van der Waals surface area contributed by atoms with E-state index in [4.69, 9.17) is 18.8 Å². The summed E-state index contributed by atoms with van der Waals surface area (Å²) in [6, 6.07) is 26.2. The Bertz CT molecular complexity index is 1780. The summed E-state index contributed by atoms with van der Waals surface area (Å²) in [5.41, 5.74) is 6.21. The quantitative estimate of drug-likeness (QED) is 0.418. The topological polar surface area (TPSA) is 75.9 Å². The maximum Gasteiger partial charge on any atom is 0.181 e. The molecule has 1 N–H and O–H groups in total. The number of nitrogens with one attached hydrogen (secondary N) is 1. The van der Waals surface area contributed by atoms with Crippen molar-refractivity contribution in [3.05, 3.63) is 102 Å². The molecule has 0 fully saturated rings. The normalized spacial score (nSPS) is 15.1. The molecule has 6 aromatic rings. The molecule has 6 heteroatoms. The van der Waals surface area contributed by atoms with E-state index in [0.29, 0.717) is 0 Å². The highest BCUT2D eigenvalue weighted by Gasteiger charge is 2.16. The van der Waals surface area contributed by atoms with Gasteiger partial charge in [0, 0.05) is 33.8 Å². The van der Waals surface area contributed by atoms with Gasteiger partial charge in [-0.25, -0.2) is 4.98 Å². The number of fused-ring (bicyclic) bond motifs is 5. The van der Waals surface area contributed by atoms with E-state index in [2.05, 4.69) is 28.5 Å². The third-order valence-electron chi connectivity index (χ3n) is 5.82. The van der Waals surface area contributed by atoms with Crippen LogP contribution in [0.15, 0.2) is 104 Å². The third kappa shape index (κ3) is 2.70. The van der Waals surface area contributed by atoms with E-state index >= 15 is 0 Å². The van der Waals surface area contributed by atoms with Gasteiger partial charge in [-0.1, -0.05) is 30.3 Å². The van der Waals surface area contributed by atoms with Crippen molar-refractivity contribution in [3.63, 3.8) is 0 Å². The van der Waals surface area contributed by atoms with Crippen molar-refractivity contribution < 1.29 is 8.83 Å². The summed E-state index contributed by atoms with van der Waals surface area (Å²) in [4.78, 5) is 13.8. The molecule has 4 aromatic carbocycles. The summed E-state index contributed by atoms with van der Waals surface area (Å²) in [5.74, 6) is 0. The number of furan rings is 1. The average molecular weight is 416 g/mol. The molecular weight excluding hydrogens is 400 g/mol. The van der Waals surface area contributed by atoms with Crippen molar-refractivity contribution in [1.82, 2.24) is 4.98 Å². The number of anilines is 2. The molecule has 7 rings (SSSR count). The lowest BCUT2D eigenvalue weighted by atomic mass is 10.1. The fourth-order valence-corrected chi connectivity index (χ4v) is 4.26. The smallest absolute Gasteiger partial charge is 0.181 e. The molecule has 0 saturated heterocycles. The first kappa shape index (κ1) is 17.3. The highest BCUT2D eigenvalue weighted by molar-refractivity contribution is 6.04. The minimum absolute atomic E-state index is 0.275. The van der Waals surface area contributed by atoms with Crippen LogP contribution in [0.2, 0.25) is 0 Å². The van der Waals surface area contributed by atoms with Crippen LogP contribution in [0.25, 0.3) is 33.0 Å². The molecule has 0 amide bonds. The second-order valence-corrected chi connectivity index (χ2v) is 7.85. The fourth-order valence-electron chi connectivity index (χ4n) is 4.26. The van der Waals surface area contributed by atoms with Gasteiger partial charge < -0.3 is 14.2 Å². The molecule has 0 saturated carbocycles. The number of hydrogen-bond acceptors (Lipinski definition) is 6. The van der Waals surface area contributed by atoms with Crippen molar-refractivity contribution in [2.45, 2.75) is 6.17 Å². The van der Waals surface area contributed by atoms with Gasteiger partial charge >= 0.3 is 0 Å². The van der Waals surface area contributed by atoms with E-state index < -0.39 is 0 Å². The number of aromatic nitrogens is 1. The van der Waals surface area contributed by atoms with Gasteiger partial charge in [0.1, 0.15) is 16.7 Å². The number of para-hydroxylation sites is 1. The lowest BCUT2D eigenvalue weighted by Crippen LogP contribution is -2.21. The van der Waals surface area contributed by atoms with Crippen LogP contribution >= 0.6 is 0 Å². The van der Waals surface area contributed by atoms with E-state index in [1.807, 2.05) is 60.7 Å². The van der Waals surface area contributed by atoms with Gasteiger partial charge in [-0.3, -0.25) is 9.98 Å². The van der Waals surface area contributed by atoms with Gasteiger partial charge in [0.25, 0.3) is 0 Å². The van der Waals surface area contributed by atoms with Gasteiger partial charge in [-0.05, 0) is 42.5 Å². The summed E-state index contributed by atoms with van der Waals surface area (Å²) in [5, 5.41) is 7.38. The second-order valence-electron chi connectivity index (χ2n) is 7.85. The van der Waals surface area contributed by atoms with Crippen LogP contribution in [0.3, 0.4) is 0 Å². The molecule has 0 radical (unpaired) electrons. The monoisotopic (exact) mass is 416 g/mol. The summed E-state index contributed by atoms with van der Waals surface area (Å²) in [7, 11) is 0. The van der Waals surface area contributed by atoms with E-state index in [-0.39, 0.29) is 6.17 Å². The lowest BCUT2D eigenvalue weighted by molar-refractivity contribution is 0.602. The van der Waals surface area contributed by atoms with Crippen molar-refractivity contribution >= 4 is 44.4 Å². The Morgan fingerprint density at radius 2 is 1.53 bits per heavy atom. The molecule has 0 bridgehead atoms. The van der Waals surface area contributed by atoms with E-state index in [0.717, 1.165) is 60.7 Å². The van der Waals surface area contributed by atoms with Crippen LogP contribution in [-0.2, 0) is 0 Å². The molecule has 3 heterocycles. The second kappa shape index (κ2) is 6.52. The van der Waals surface area contributed by atoms with Crippen molar-refractivity contribution in [1.29, 1.82) is 0 Å². The molecule has 32 heavy (non-hydrogen) atoms. The first-order valence-electron chi connectivity index (χ1n) is 10.4.